The maximum absolute atomic E-state index is 14.1. The summed E-state index contributed by atoms with van der Waals surface area (Å²) < 4.78 is 0. The zero-order valence-corrected chi connectivity index (χ0v) is 24.1. The van der Waals surface area contributed by atoms with Crippen LogP contribution in [0.1, 0.15) is 86.8 Å². The van der Waals surface area contributed by atoms with Gasteiger partial charge < -0.3 is 15.3 Å². The van der Waals surface area contributed by atoms with Crippen molar-refractivity contribution in [3.8, 4) is 0 Å². The Morgan fingerprint density at radius 2 is 1.72 bits per heavy atom. The molecule has 1 aliphatic heterocycles. The molecule has 1 atom stereocenters. The van der Waals surface area contributed by atoms with Gasteiger partial charge >= 0.3 is 5.97 Å². The third-order valence-electron chi connectivity index (χ3n) is 7.98. The summed E-state index contributed by atoms with van der Waals surface area (Å²) in [6, 6.07) is 12.0. The number of nitrogens with one attached hydrogen (secondary N) is 1. The molecule has 1 spiro atoms. The van der Waals surface area contributed by atoms with Gasteiger partial charge in [0, 0.05) is 27.7 Å². The minimum atomic E-state index is -0.968. The van der Waals surface area contributed by atoms with Crippen LogP contribution in [0, 0.1) is 11.8 Å². The average Bonchev–Trinajstić information content (AvgIpc) is 3.16. The topological polar surface area (TPSA) is 99.1 Å². The average molecular weight is 573 g/mol. The number of carbonyl (C=O) groups excluding carboxylic acids is 2. The van der Waals surface area contributed by atoms with E-state index < -0.39 is 11.6 Å². The lowest BCUT2D eigenvalue weighted by atomic mass is 9.76. The number of carbonyl (C=O) groups is 3. The summed E-state index contributed by atoms with van der Waals surface area (Å²) in [5, 5.41) is 12.3. The second-order valence-corrected chi connectivity index (χ2v) is 11.7. The van der Waals surface area contributed by atoms with Crippen LogP contribution in [0.15, 0.2) is 47.5 Å². The molecule has 7 nitrogen and oxygen atoms in total. The van der Waals surface area contributed by atoms with Crippen molar-refractivity contribution in [2.24, 2.45) is 16.8 Å². The number of hydrogen-bond donors (Lipinski definition) is 2. The van der Waals surface area contributed by atoms with Gasteiger partial charge in [0.25, 0.3) is 11.8 Å². The van der Waals surface area contributed by atoms with Crippen molar-refractivity contribution >= 4 is 46.7 Å². The van der Waals surface area contributed by atoms with Crippen molar-refractivity contribution in [1.82, 2.24) is 10.2 Å². The molecule has 39 heavy (non-hydrogen) atoms. The Bertz CT molecular complexity index is 1250. The first-order valence-electron chi connectivity index (χ1n) is 13.5. The highest BCUT2D eigenvalue weighted by atomic mass is 35.5. The summed E-state index contributed by atoms with van der Waals surface area (Å²) >= 11 is 12.6. The van der Waals surface area contributed by atoms with Crippen LogP contribution in [0.4, 0.5) is 0 Å². The van der Waals surface area contributed by atoms with Crippen molar-refractivity contribution < 1.29 is 19.5 Å². The van der Waals surface area contributed by atoms with Crippen molar-refractivity contribution in [3.63, 3.8) is 0 Å². The van der Waals surface area contributed by atoms with Crippen molar-refractivity contribution in [3.05, 3.63) is 69.2 Å². The quantitative estimate of drug-likeness (QED) is 0.357. The van der Waals surface area contributed by atoms with Gasteiger partial charge in [-0.25, -0.2) is 0 Å². The number of nitrogens with zero attached hydrogens (tertiary/aromatic N) is 2. The summed E-state index contributed by atoms with van der Waals surface area (Å²) in [4.78, 5) is 44.4. The molecule has 1 heterocycles. The zero-order valence-electron chi connectivity index (χ0n) is 22.5. The van der Waals surface area contributed by atoms with Gasteiger partial charge in [-0.15, -0.1) is 0 Å². The molecule has 0 bridgehead atoms. The largest absolute Gasteiger partial charge is 0.481 e. The number of benzene rings is 2. The summed E-state index contributed by atoms with van der Waals surface area (Å²) in [6.45, 7) is 6.60. The molecule has 1 aliphatic carbocycles. The maximum Gasteiger partial charge on any atom is 0.305 e. The molecule has 0 saturated heterocycles. The lowest BCUT2D eigenvalue weighted by Gasteiger charge is -2.46. The van der Waals surface area contributed by atoms with E-state index in [2.05, 4.69) is 19.2 Å². The first-order valence-corrected chi connectivity index (χ1v) is 14.3. The lowest BCUT2D eigenvalue weighted by molar-refractivity contribution is -0.137. The molecule has 4 rings (SSSR count). The number of hydrogen-bond acceptors (Lipinski definition) is 4. The number of aliphatic imine (C=N–C) groups is 1. The number of halogens is 2. The van der Waals surface area contributed by atoms with E-state index in [1.807, 2.05) is 24.0 Å². The molecule has 1 saturated carbocycles. The Kier molecular flexibility index (Phi) is 9.02. The number of carboxylic acid groups (broad SMARTS) is 1. The molecule has 2 aromatic rings. The SMILES string of the molecule is CC[C@H](c1ccc(C(=O)NCCC(=O)O)cc1)N1C(=O)C(c2cc(Cl)cc(Cl)c2)=NC12CCC(C(C)C)CC2. The summed E-state index contributed by atoms with van der Waals surface area (Å²) in [7, 11) is 0. The first-order chi connectivity index (χ1) is 18.5. The Morgan fingerprint density at radius 1 is 1.10 bits per heavy atom. The van der Waals surface area contributed by atoms with Gasteiger partial charge in [0.1, 0.15) is 11.4 Å². The van der Waals surface area contributed by atoms with E-state index in [1.54, 1.807) is 30.3 Å². The Morgan fingerprint density at radius 3 is 2.26 bits per heavy atom. The smallest absolute Gasteiger partial charge is 0.305 e. The summed E-state index contributed by atoms with van der Waals surface area (Å²) in [5.74, 6) is -0.283. The minimum absolute atomic E-state index is 0.0588. The fourth-order valence-electron chi connectivity index (χ4n) is 5.85. The van der Waals surface area contributed by atoms with Crippen LogP contribution >= 0.6 is 23.2 Å². The monoisotopic (exact) mass is 571 g/mol. The molecular weight excluding hydrogens is 537 g/mol. The molecule has 0 radical (unpaired) electrons. The number of rotatable bonds is 9. The summed E-state index contributed by atoms with van der Waals surface area (Å²) in [6.07, 6.45) is 4.06. The maximum atomic E-state index is 14.1. The van der Waals surface area contributed by atoms with E-state index in [9.17, 15) is 14.4 Å². The molecule has 0 aromatic heterocycles. The van der Waals surface area contributed by atoms with Gasteiger partial charge in [0.15, 0.2) is 0 Å². The normalized spacial score (nSPS) is 21.8. The van der Waals surface area contributed by atoms with Gasteiger partial charge in [0.2, 0.25) is 0 Å². The van der Waals surface area contributed by atoms with E-state index in [-0.39, 0.29) is 30.8 Å². The van der Waals surface area contributed by atoms with E-state index in [1.165, 1.54) is 0 Å². The summed E-state index contributed by atoms with van der Waals surface area (Å²) in [5.41, 5.74) is 1.70. The molecule has 1 fully saturated rings. The molecule has 2 N–H and O–H groups in total. The van der Waals surface area contributed by atoms with Crippen molar-refractivity contribution in [1.29, 1.82) is 0 Å². The molecule has 2 aliphatic rings. The van der Waals surface area contributed by atoms with Crippen LogP contribution in [0.3, 0.4) is 0 Å². The van der Waals surface area contributed by atoms with Crippen LogP contribution in [0.2, 0.25) is 10.0 Å². The minimum Gasteiger partial charge on any atom is -0.481 e. The van der Waals surface area contributed by atoms with Crippen molar-refractivity contribution in [2.45, 2.75) is 71.0 Å². The van der Waals surface area contributed by atoms with Crippen LogP contribution < -0.4 is 5.32 Å². The molecule has 0 unspecified atom stereocenters. The third-order valence-corrected chi connectivity index (χ3v) is 8.42. The standard InChI is InChI=1S/C30H35Cl2N3O4/c1-4-25(20-5-7-21(8-6-20)28(38)33-14-11-26(36)37)35-29(39)27(22-15-23(31)17-24(32)16-22)34-30(35)12-9-19(10-13-30)18(2)3/h5-8,15-19,25H,4,9-14H2,1-3H3,(H,33,38)(H,36,37)/t19?,25-,30?/m1/s1. The van der Waals surface area contributed by atoms with E-state index >= 15 is 0 Å². The number of carboxylic acids is 1. The molecule has 2 amide bonds. The number of amides is 2. The van der Waals surface area contributed by atoms with Crippen LogP contribution in [0.25, 0.3) is 0 Å². The predicted molar refractivity (Wildman–Crippen MR) is 153 cm³/mol. The number of aliphatic carboxylic acids is 1. The van der Waals surface area contributed by atoms with E-state index in [0.29, 0.717) is 45.1 Å². The van der Waals surface area contributed by atoms with Gasteiger partial charge in [-0.2, -0.15) is 0 Å². The van der Waals surface area contributed by atoms with Crippen LogP contribution in [0.5, 0.6) is 0 Å². The lowest BCUT2D eigenvalue weighted by Crippen LogP contribution is -2.51. The van der Waals surface area contributed by atoms with Crippen molar-refractivity contribution in [2.75, 3.05) is 6.54 Å². The Labute approximate surface area is 239 Å². The predicted octanol–water partition coefficient (Wildman–Crippen LogP) is 6.52. The van der Waals surface area contributed by atoms with Crippen LogP contribution in [-0.4, -0.2) is 45.7 Å². The molecular formula is C30H35Cl2N3O4. The highest BCUT2D eigenvalue weighted by Gasteiger charge is 2.51. The zero-order chi connectivity index (χ0) is 28.3. The van der Waals surface area contributed by atoms with Gasteiger partial charge in [-0.3, -0.25) is 19.4 Å². The first kappa shape index (κ1) is 29.1. The Hall–Kier alpha value is -2.90. The molecule has 208 valence electrons. The van der Waals surface area contributed by atoms with Gasteiger partial charge in [-0.05, 0) is 79.8 Å². The van der Waals surface area contributed by atoms with Gasteiger partial charge in [0.05, 0.1) is 12.5 Å². The highest BCUT2D eigenvalue weighted by Crippen LogP contribution is 2.47. The molecule has 2 aromatic carbocycles. The van der Waals surface area contributed by atoms with Gasteiger partial charge in [-0.1, -0.05) is 56.1 Å². The van der Waals surface area contributed by atoms with E-state index in [0.717, 1.165) is 31.2 Å². The second kappa shape index (κ2) is 12.1. The van der Waals surface area contributed by atoms with E-state index in [4.69, 9.17) is 33.3 Å². The fraction of sp³-hybridized carbons (Fsp3) is 0.467. The Balaban J connectivity index is 1.66. The second-order valence-electron chi connectivity index (χ2n) is 10.8. The third kappa shape index (κ3) is 6.30. The highest BCUT2D eigenvalue weighted by molar-refractivity contribution is 6.47. The molecule has 9 heteroatoms. The fourth-order valence-corrected chi connectivity index (χ4v) is 6.38. The van der Waals surface area contributed by atoms with Crippen LogP contribution in [-0.2, 0) is 9.59 Å².